The molecule has 0 saturated heterocycles. The van der Waals surface area contributed by atoms with Crippen molar-refractivity contribution in [1.29, 1.82) is 0 Å². The lowest BCUT2D eigenvalue weighted by molar-refractivity contribution is 0.709. The maximum atomic E-state index is 4.25. The van der Waals surface area contributed by atoms with Gasteiger partial charge in [0.15, 0.2) is 5.96 Å². The van der Waals surface area contributed by atoms with Crippen LogP contribution in [0.2, 0.25) is 0 Å². The number of aliphatic imine (C=N–C) groups is 1. The lowest BCUT2D eigenvalue weighted by Gasteiger charge is -2.14. The number of guanidine groups is 1. The van der Waals surface area contributed by atoms with Gasteiger partial charge in [0.1, 0.15) is 0 Å². The maximum Gasteiger partial charge on any atom is 0.191 e. The van der Waals surface area contributed by atoms with Gasteiger partial charge < -0.3 is 10.6 Å². The third kappa shape index (κ3) is 4.61. The average molecular weight is 372 g/mol. The normalized spacial score (nSPS) is 13.2. The topological polar surface area (TPSA) is 36.4 Å². The molecule has 3 nitrogen and oxygen atoms in total. The van der Waals surface area contributed by atoms with Crippen molar-refractivity contribution in [2.24, 2.45) is 4.99 Å². The van der Waals surface area contributed by atoms with Gasteiger partial charge in [-0.25, -0.2) is 0 Å². The molecule has 0 fully saturated rings. The summed E-state index contributed by atoms with van der Waals surface area (Å²) in [5.41, 5.74) is 0. The molecule has 0 amide bonds. The van der Waals surface area contributed by atoms with Crippen molar-refractivity contribution in [2.45, 2.75) is 19.4 Å². The Morgan fingerprint density at radius 1 is 1.40 bits per heavy atom. The van der Waals surface area contributed by atoms with Crippen molar-refractivity contribution >= 4 is 44.6 Å². The Bertz CT molecular complexity index is 549. The van der Waals surface area contributed by atoms with Gasteiger partial charge >= 0.3 is 0 Å². The fraction of sp³-hybridized carbons (Fsp3) is 0.357. The molecule has 6 heteroatoms. The van der Waals surface area contributed by atoms with Gasteiger partial charge in [0.05, 0.1) is 6.54 Å². The van der Waals surface area contributed by atoms with Crippen LogP contribution in [0.1, 0.15) is 22.6 Å². The molecule has 2 rings (SSSR count). The van der Waals surface area contributed by atoms with Gasteiger partial charge in [-0.3, -0.25) is 4.99 Å². The molecule has 1 atom stereocenters. The standard InChI is InChI=1S/C14H18BrN3S2/c1-10(13-4-3-5-19-13)7-17-14(16-2)18-8-12-6-11(15)9-20-12/h3-6,9-10H,7-8H2,1-2H3,(H2,16,17,18). The van der Waals surface area contributed by atoms with E-state index in [2.05, 4.69) is 67.4 Å². The molecule has 20 heavy (non-hydrogen) atoms. The zero-order valence-corrected chi connectivity index (χ0v) is 14.7. The fourth-order valence-corrected chi connectivity index (χ4v) is 3.94. The van der Waals surface area contributed by atoms with Crippen LogP contribution in [0.4, 0.5) is 0 Å². The molecule has 0 aliphatic carbocycles. The van der Waals surface area contributed by atoms with E-state index in [1.54, 1.807) is 29.7 Å². The van der Waals surface area contributed by atoms with Crippen LogP contribution < -0.4 is 10.6 Å². The van der Waals surface area contributed by atoms with Crippen molar-refractivity contribution in [2.75, 3.05) is 13.6 Å². The largest absolute Gasteiger partial charge is 0.356 e. The first-order valence-electron chi connectivity index (χ1n) is 6.40. The van der Waals surface area contributed by atoms with Crippen molar-refractivity contribution < 1.29 is 0 Å². The Balaban J connectivity index is 1.78. The summed E-state index contributed by atoms with van der Waals surface area (Å²) in [5, 5.41) is 10.9. The average Bonchev–Trinajstić information content (AvgIpc) is 3.10. The zero-order chi connectivity index (χ0) is 14.4. The van der Waals surface area contributed by atoms with Gasteiger partial charge in [-0.15, -0.1) is 22.7 Å². The highest BCUT2D eigenvalue weighted by Gasteiger charge is 2.07. The fourth-order valence-electron chi connectivity index (χ4n) is 1.76. The number of nitrogens with zero attached hydrogens (tertiary/aromatic N) is 1. The van der Waals surface area contributed by atoms with Crippen LogP contribution >= 0.6 is 38.6 Å². The first-order valence-corrected chi connectivity index (χ1v) is 8.95. The third-order valence-electron chi connectivity index (χ3n) is 2.88. The van der Waals surface area contributed by atoms with E-state index in [-0.39, 0.29) is 0 Å². The smallest absolute Gasteiger partial charge is 0.191 e. The summed E-state index contributed by atoms with van der Waals surface area (Å²) in [5.74, 6) is 1.34. The van der Waals surface area contributed by atoms with Crippen LogP contribution in [0, 0.1) is 0 Å². The highest BCUT2D eigenvalue weighted by Crippen LogP contribution is 2.20. The first-order chi connectivity index (χ1) is 9.69. The van der Waals surface area contributed by atoms with Gasteiger partial charge in [-0.05, 0) is 33.4 Å². The van der Waals surface area contributed by atoms with E-state index in [1.165, 1.54) is 9.75 Å². The molecule has 2 aromatic heterocycles. The minimum atomic E-state index is 0.490. The summed E-state index contributed by atoms with van der Waals surface area (Å²) < 4.78 is 1.13. The van der Waals surface area contributed by atoms with E-state index < -0.39 is 0 Å². The highest BCUT2D eigenvalue weighted by molar-refractivity contribution is 9.10. The van der Waals surface area contributed by atoms with Crippen LogP contribution in [-0.4, -0.2) is 19.6 Å². The monoisotopic (exact) mass is 371 g/mol. The molecule has 0 aliphatic rings. The maximum absolute atomic E-state index is 4.25. The molecule has 0 radical (unpaired) electrons. The molecule has 0 saturated carbocycles. The summed E-state index contributed by atoms with van der Waals surface area (Å²) >= 11 is 7.00. The molecule has 0 aliphatic heterocycles. The Hall–Kier alpha value is -0.850. The molecule has 2 heterocycles. The van der Waals surface area contributed by atoms with Gasteiger partial charge in [-0.1, -0.05) is 13.0 Å². The second-order valence-electron chi connectivity index (χ2n) is 4.45. The number of nitrogens with one attached hydrogen (secondary N) is 2. The minimum Gasteiger partial charge on any atom is -0.356 e. The van der Waals surface area contributed by atoms with Crippen molar-refractivity contribution in [3.63, 3.8) is 0 Å². The van der Waals surface area contributed by atoms with Crippen molar-refractivity contribution in [1.82, 2.24) is 10.6 Å². The number of hydrogen-bond donors (Lipinski definition) is 2. The summed E-state index contributed by atoms with van der Waals surface area (Å²) in [6, 6.07) is 6.40. The van der Waals surface area contributed by atoms with Crippen molar-refractivity contribution in [3.8, 4) is 0 Å². The lowest BCUT2D eigenvalue weighted by atomic mass is 10.1. The quantitative estimate of drug-likeness (QED) is 0.614. The number of hydrogen-bond acceptors (Lipinski definition) is 3. The molecule has 108 valence electrons. The van der Waals surface area contributed by atoms with Crippen molar-refractivity contribution in [3.05, 3.63) is 43.2 Å². The van der Waals surface area contributed by atoms with E-state index in [4.69, 9.17) is 0 Å². The second kappa shape index (κ2) is 7.81. The van der Waals surface area contributed by atoms with Crippen LogP contribution in [0.25, 0.3) is 0 Å². The van der Waals surface area contributed by atoms with Crippen LogP contribution in [0.5, 0.6) is 0 Å². The van der Waals surface area contributed by atoms with E-state index in [0.29, 0.717) is 5.92 Å². The van der Waals surface area contributed by atoms with Gasteiger partial charge in [0.2, 0.25) is 0 Å². The van der Waals surface area contributed by atoms with E-state index in [0.717, 1.165) is 23.5 Å². The molecule has 2 aromatic rings. The summed E-state index contributed by atoms with van der Waals surface area (Å²) in [4.78, 5) is 6.94. The molecule has 1 unspecified atom stereocenters. The molecule has 0 spiro atoms. The van der Waals surface area contributed by atoms with Crippen LogP contribution in [-0.2, 0) is 6.54 Å². The van der Waals surface area contributed by atoms with Gasteiger partial charge in [0.25, 0.3) is 0 Å². The Morgan fingerprint density at radius 2 is 2.25 bits per heavy atom. The van der Waals surface area contributed by atoms with Crippen LogP contribution in [0.3, 0.4) is 0 Å². The summed E-state index contributed by atoms with van der Waals surface area (Å²) in [6.45, 7) is 3.90. The molecular formula is C14H18BrN3S2. The minimum absolute atomic E-state index is 0.490. The van der Waals surface area contributed by atoms with Gasteiger partial charge in [0, 0.05) is 39.1 Å². The lowest BCUT2D eigenvalue weighted by Crippen LogP contribution is -2.38. The first kappa shape index (κ1) is 15.5. The van der Waals surface area contributed by atoms with E-state index >= 15 is 0 Å². The van der Waals surface area contributed by atoms with Gasteiger partial charge in [-0.2, -0.15) is 0 Å². The zero-order valence-electron chi connectivity index (χ0n) is 11.5. The molecule has 2 N–H and O–H groups in total. The molecule has 0 bridgehead atoms. The Labute approximate surface area is 136 Å². The highest BCUT2D eigenvalue weighted by atomic mass is 79.9. The Kier molecular flexibility index (Phi) is 6.06. The predicted octanol–water partition coefficient (Wildman–Crippen LogP) is 4.04. The second-order valence-corrected chi connectivity index (χ2v) is 7.35. The van der Waals surface area contributed by atoms with E-state index in [9.17, 15) is 0 Å². The predicted molar refractivity (Wildman–Crippen MR) is 93.0 cm³/mol. The number of rotatable bonds is 5. The summed E-state index contributed by atoms with van der Waals surface area (Å²) in [7, 11) is 1.80. The van der Waals surface area contributed by atoms with Crippen LogP contribution in [0.15, 0.2) is 38.4 Å². The SMILES string of the molecule is CN=C(NCc1cc(Br)cs1)NCC(C)c1cccs1. The van der Waals surface area contributed by atoms with E-state index in [1.807, 2.05) is 0 Å². The molecular weight excluding hydrogens is 354 g/mol. The number of thiophene rings is 2. The Morgan fingerprint density at radius 3 is 2.85 bits per heavy atom. The summed E-state index contributed by atoms with van der Waals surface area (Å²) in [6.07, 6.45) is 0. The number of halogens is 1. The third-order valence-corrected chi connectivity index (χ3v) is 5.68. The molecule has 0 aromatic carbocycles.